The number of benzene rings is 1. The number of thiazole rings is 1. The Morgan fingerprint density at radius 3 is 2.58 bits per heavy atom. The molecule has 1 aliphatic rings. The molecule has 3 rings (SSSR count). The highest BCUT2D eigenvalue weighted by Gasteiger charge is 2.30. The molecular formula is C17H23N3O4S2. The Labute approximate surface area is 156 Å². The number of nitrogens with zero attached hydrogens (tertiary/aromatic N) is 2. The Morgan fingerprint density at radius 2 is 1.96 bits per heavy atom. The highest BCUT2D eigenvalue weighted by Crippen LogP contribution is 2.25. The van der Waals surface area contributed by atoms with E-state index >= 15 is 0 Å². The number of sulfonamides is 1. The Kier molecular flexibility index (Phi) is 5.50. The van der Waals surface area contributed by atoms with Crippen LogP contribution in [0.1, 0.15) is 26.7 Å². The highest BCUT2D eigenvalue weighted by atomic mass is 32.2. The molecule has 0 bridgehead atoms. The molecule has 0 saturated carbocycles. The van der Waals surface area contributed by atoms with Gasteiger partial charge in [0.2, 0.25) is 15.9 Å². The molecule has 1 N–H and O–H groups in total. The van der Waals surface area contributed by atoms with Crippen LogP contribution in [0.15, 0.2) is 23.0 Å². The molecule has 1 aromatic heterocycles. The van der Waals surface area contributed by atoms with Crippen LogP contribution in [0, 0.1) is 5.92 Å². The lowest BCUT2D eigenvalue weighted by molar-refractivity contribution is -0.120. The number of anilines is 1. The van der Waals surface area contributed by atoms with E-state index in [4.69, 9.17) is 0 Å². The molecule has 1 saturated heterocycles. The number of piperidine rings is 1. The van der Waals surface area contributed by atoms with Gasteiger partial charge in [-0.3, -0.25) is 14.2 Å². The van der Waals surface area contributed by atoms with Crippen molar-refractivity contribution >= 4 is 43.2 Å². The summed E-state index contributed by atoms with van der Waals surface area (Å²) in [6.07, 6.45) is 1.04. The molecule has 0 atom stereocenters. The van der Waals surface area contributed by atoms with E-state index in [0.717, 1.165) is 10.2 Å². The molecule has 0 radical (unpaired) electrons. The molecule has 7 nitrogen and oxygen atoms in total. The number of nitrogens with one attached hydrogen (secondary N) is 1. The van der Waals surface area contributed by atoms with Crippen LogP contribution in [-0.4, -0.2) is 42.0 Å². The smallest absolute Gasteiger partial charge is 0.308 e. The van der Waals surface area contributed by atoms with Crippen molar-refractivity contribution in [3.05, 3.63) is 27.9 Å². The summed E-state index contributed by atoms with van der Waals surface area (Å²) in [6.45, 7) is 4.94. The van der Waals surface area contributed by atoms with Crippen LogP contribution in [0.3, 0.4) is 0 Å². The summed E-state index contributed by atoms with van der Waals surface area (Å²) in [5.41, 5.74) is 1.54. The molecule has 0 aliphatic carbocycles. The van der Waals surface area contributed by atoms with Crippen LogP contribution < -0.4 is 10.2 Å². The summed E-state index contributed by atoms with van der Waals surface area (Å²) < 4.78 is 27.8. The predicted molar refractivity (Wildman–Crippen MR) is 104 cm³/mol. The fourth-order valence-electron chi connectivity index (χ4n) is 3.27. The lowest BCUT2D eigenvalue weighted by Gasteiger charge is -2.30. The minimum atomic E-state index is -3.19. The maximum atomic E-state index is 12.5. The van der Waals surface area contributed by atoms with Crippen molar-refractivity contribution in [1.82, 2.24) is 8.87 Å². The van der Waals surface area contributed by atoms with Crippen molar-refractivity contribution in [2.45, 2.75) is 33.2 Å². The van der Waals surface area contributed by atoms with Crippen molar-refractivity contribution in [3.8, 4) is 0 Å². The standard InChI is InChI=1S/C17H23N3O4S2/c1-3-20-14-6-5-13(11-15(14)25-17(20)22)18-16(21)12-7-9-19(10-8-12)26(23,24)4-2/h5-6,11-12H,3-4,7-10H2,1-2H3,(H,18,21). The number of aryl methyl sites for hydroxylation is 1. The second-order valence-electron chi connectivity index (χ2n) is 6.36. The van der Waals surface area contributed by atoms with Crippen LogP contribution in [0.4, 0.5) is 5.69 Å². The van der Waals surface area contributed by atoms with Crippen molar-refractivity contribution < 1.29 is 13.2 Å². The van der Waals surface area contributed by atoms with Crippen molar-refractivity contribution in [1.29, 1.82) is 0 Å². The molecule has 1 amide bonds. The summed E-state index contributed by atoms with van der Waals surface area (Å²) in [7, 11) is -3.19. The molecule has 1 aliphatic heterocycles. The normalized spacial score (nSPS) is 16.8. The Balaban J connectivity index is 1.67. The molecule has 0 spiro atoms. The van der Waals surface area contributed by atoms with Crippen molar-refractivity contribution in [2.75, 3.05) is 24.2 Å². The van der Waals surface area contributed by atoms with E-state index in [-0.39, 0.29) is 22.5 Å². The van der Waals surface area contributed by atoms with Gasteiger partial charge in [-0.05, 0) is 44.9 Å². The number of carbonyl (C=O) groups excluding carboxylic acids is 1. The van der Waals surface area contributed by atoms with Crippen LogP contribution in [0.25, 0.3) is 10.2 Å². The van der Waals surface area contributed by atoms with Crippen LogP contribution in [-0.2, 0) is 21.4 Å². The molecule has 1 aromatic carbocycles. The van der Waals surface area contributed by atoms with E-state index in [9.17, 15) is 18.0 Å². The summed E-state index contributed by atoms with van der Waals surface area (Å²) >= 11 is 1.17. The van der Waals surface area contributed by atoms with Gasteiger partial charge in [0.1, 0.15) is 0 Å². The summed E-state index contributed by atoms with van der Waals surface area (Å²) in [5, 5.41) is 2.91. The number of rotatable bonds is 5. The number of hydrogen-bond acceptors (Lipinski definition) is 5. The van der Waals surface area contributed by atoms with Gasteiger partial charge in [-0.25, -0.2) is 12.7 Å². The quantitative estimate of drug-likeness (QED) is 0.837. The number of hydrogen-bond donors (Lipinski definition) is 1. The lowest BCUT2D eigenvalue weighted by Crippen LogP contribution is -2.42. The molecular weight excluding hydrogens is 374 g/mol. The molecule has 9 heteroatoms. The third-order valence-corrected chi connectivity index (χ3v) is 7.66. The van der Waals surface area contributed by atoms with E-state index in [1.54, 1.807) is 17.6 Å². The van der Waals surface area contributed by atoms with E-state index in [2.05, 4.69) is 5.32 Å². The Hall–Kier alpha value is -1.71. The van der Waals surface area contributed by atoms with E-state index in [1.807, 2.05) is 19.1 Å². The van der Waals surface area contributed by atoms with Gasteiger partial charge in [-0.15, -0.1) is 0 Å². The second-order valence-corrected chi connectivity index (χ2v) is 9.61. The fourth-order valence-corrected chi connectivity index (χ4v) is 5.39. The van der Waals surface area contributed by atoms with Gasteiger partial charge in [-0.1, -0.05) is 11.3 Å². The van der Waals surface area contributed by atoms with E-state index in [0.29, 0.717) is 38.2 Å². The zero-order chi connectivity index (χ0) is 18.9. The van der Waals surface area contributed by atoms with Gasteiger partial charge in [0.15, 0.2) is 0 Å². The maximum Gasteiger partial charge on any atom is 0.308 e. The van der Waals surface area contributed by atoms with E-state index < -0.39 is 10.0 Å². The molecule has 142 valence electrons. The molecule has 26 heavy (non-hydrogen) atoms. The number of aromatic nitrogens is 1. The lowest BCUT2D eigenvalue weighted by atomic mass is 9.97. The van der Waals surface area contributed by atoms with Gasteiger partial charge >= 0.3 is 4.87 Å². The Morgan fingerprint density at radius 1 is 1.27 bits per heavy atom. The number of fused-ring (bicyclic) bond motifs is 1. The minimum Gasteiger partial charge on any atom is -0.326 e. The van der Waals surface area contributed by atoms with Gasteiger partial charge < -0.3 is 5.32 Å². The number of carbonyl (C=O) groups is 1. The topological polar surface area (TPSA) is 88.5 Å². The minimum absolute atomic E-state index is 0.00418. The number of amides is 1. The maximum absolute atomic E-state index is 12.5. The summed E-state index contributed by atoms with van der Waals surface area (Å²) in [4.78, 5) is 24.4. The molecule has 0 unspecified atom stereocenters. The second kappa shape index (κ2) is 7.50. The third-order valence-electron chi connectivity index (χ3n) is 4.83. The van der Waals surface area contributed by atoms with Crippen LogP contribution >= 0.6 is 11.3 Å². The first-order chi connectivity index (χ1) is 12.4. The van der Waals surface area contributed by atoms with Crippen LogP contribution in [0.2, 0.25) is 0 Å². The van der Waals surface area contributed by atoms with Crippen LogP contribution in [0.5, 0.6) is 0 Å². The molecule has 2 heterocycles. The average Bonchev–Trinajstić information content (AvgIpc) is 2.95. The van der Waals surface area contributed by atoms with Crippen molar-refractivity contribution in [3.63, 3.8) is 0 Å². The molecule has 2 aromatic rings. The highest BCUT2D eigenvalue weighted by molar-refractivity contribution is 7.89. The average molecular weight is 398 g/mol. The van der Waals surface area contributed by atoms with Gasteiger partial charge in [0.25, 0.3) is 0 Å². The van der Waals surface area contributed by atoms with E-state index in [1.165, 1.54) is 15.6 Å². The first-order valence-corrected chi connectivity index (χ1v) is 11.2. The summed E-state index contributed by atoms with van der Waals surface area (Å²) in [6, 6.07) is 5.47. The summed E-state index contributed by atoms with van der Waals surface area (Å²) in [5.74, 6) is -0.211. The zero-order valence-electron chi connectivity index (χ0n) is 14.9. The largest absolute Gasteiger partial charge is 0.326 e. The first kappa shape index (κ1) is 19.1. The van der Waals surface area contributed by atoms with Gasteiger partial charge in [0.05, 0.1) is 16.0 Å². The monoisotopic (exact) mass is 397 g/mol. The Bertz CT molecular complexity index is 970. The first-order valence-electron chi connectivity index (χ1n) is 8.77. The molecule has 1 fully saturated rings. The SMILES string of the molecule is CCn1c(=O)sc2cc(NC(=O)C3CCN(S(=O)(=O)CC)CC3)ccc21. The third kappa shape index (κ3) is 3.70. The fraction of sp³-hybridized carbons (Fsp3) is 0.529. The zero-order valence-corrected chi connectivity index (χ0v) is 16.5. The predicted octanol–water partition coefficient (Wildman–Crippen LogP) is 2.08. The van der Waals surface area contributed by atoms with Crippen molar-refractivity contribution in [2.24, 2.45) is 5.92 Å². The van der Waals surface area contributed by atoms with Gasteiger partial charge in [0, 0.05) is 31.2 Å². The van der Waals surface area contributed by atoms with Gasteiger partial charge in [-0.2, -0.15) is 0 Å².